The number of aryl methyl sites for hydroxylation is 1. The fourth-order valence-corrected chi connectivity index (χ4v) is 10.2. The smallest absolute Gasteiger partial charge is 0.293 e. The summed E-state index contributed by atoms with van der Waals surface area (Å²) < 4.78 is 26.8. The van der Waals surface area contributed by atoms with Gasteiger partial charge < -0.3 is 24.3 Å². The van der Waals surface area contributed by atoms with E-state index >= 15 is 0 Å². The molecule has 6 rings (SSSR count). The number of amides is 3. The Morgan fingerprint density at radius 3 is 2.33 bits per heavy atom. The van der Waals surface area contributed by atoms with Crippen LogP contribution in [0.15, 0.2) is 71.8 Å². The molecule has 0 aliphatic carbocycles. The number of aromatic nitrogens is 2. The number of likely N-dealkylation sites (N-methyl/N-ethyl adjacent to an activating group) is 1. The highest BCUT2D eigenvalue weighted by atomic mass is 32.2. The van der Waals surface area contributed by atoms with Gasteiger partial charge in [0.15, 0.2) is 0 Å². The van der Waals surface area contributed by atoms with E-state index in [-0.39, 0.29) is 42.3 Å². The van der Waals surface area contributed by atoms with Crippen LogP contribution in [-0.4, -0.2) is 112 Å². The Labute approximate surface area is 400 Å². The van der Waals surface area contributed by atoms with E-state index in [4.69, 9.17) is 14.5 Å². The van der Waals surface area contributed by atoms with Crippen LogP contribution in [-0.2, 0) is 59.0 Å². The third-order valence-electron chi connectivity index (χ3n) is 12.4. The first kappa shape index (κ1) is 52.7. The molecule has 4 unspecified atom stereocenters. The zero-order chi connectivity index (χ0) is 48.8. The third-order valence-corrected chi connectivity index (χ3v) is 13.9. The maximum Gasteiger partial charge on any atom is 0.293 e. The minimum absolute atomic E-state index is 0.156. The van der Waals surface area contributed by atoms with Crippen LogP contribution in [0.1, 0.15) is 104 Å². The first-order valence-electron chi connectivity index (χ1n) is 23.6. The zero-order valence-corrected chi connectivity index (χ0v) is 42.1. The second-order valence-electron chi connectivity index (χ2n) is 19.0. The highest BCUT2D eigenvalue weighted by molar-refractivity contribution is 7.85. The van der Waals surface area contributed by atoms with Crippen LogP contribution in [0.3, 0.4) is 0 Å². The van der Waals surface area contributed by atoms with Gasteiger partial charge in [0.05, 0.1) is 24.1 Å². The Kier molecular flexibility index (Phi) is 19.4. The van der Waals surface area contributed by atoms with Crippen LogP contribution in [0.4, 0.5) is 0 Å². The molecule has 4 heterocycles. The van der Waals surface area contributed by atoms with E-state index in [1.54, 1.807) is 25.4 Å². The molecule has 3 amide bonds. The average molecular weight is 940 g/mol. The van der Waals surface area contributed by atoms with Gasteiger partial charge in [-0.05, 0) is 112 Å². The summed E-state index contributed by atoms with van der Waals surface area (Å²) in [6.07, 6.45) is 7.33. The average Bonchev–Trinajstić information content (AvgIpc) is 3.97. The van der Waals surface area contributed by atoms with Crippen molar-refractivity contribution in [3.05, 3.63) is 88.6 Å². The van der Waals surface area contributed by atoms with Gasteiger partial charge in [0.1, 0.15) is 23.1 Å². The molecule has 14 nitrogen and oxygen atoms in total. The van der Waals surface area contributed by atoms with Gasteiger partial charge in [-0.1, -0.05) is 63.6 Å². The zero-order valence-electron chi connectivity index (χ0n) is 41.3. The fourth-order valence-electron chi connectivity index (χ4n) is 9.06. The van der Waals surface area contributed by atoms with Crippen LogP contribution >= 0.6 is 0 Å². The van der Waals surface area contributed by atoms with Crippen molar-refractivity contribution in [2.45, 2.75) is 119 Å². The lowest BCUT2D eigenvalue weighted by molar-refractivity contribution is -0.142. The summed E-state index contributed by atoms with van der Waals surface area (Å²) in [7, 11) is 2.41. The first-order chi connectivity index (χ1) is 32.0. The standard InChI is InChI=1S/C44H58N6O6.C8H15NOS/c1-9-49-38-18-17-33(24-35(38)36(25-44(5,6)26-56-28-52)41(49)34-16-13-19-45-39(34)30(4)55-8)32-15-12-14-31(22-32)23-37(43(54)50-21-11-10-20-46-50)47-42(53)40(29(2)3)48(7)27-51;1-8(2)7-11(10)9-5-3-4-6-9/h12-19,22,24,27-30,37,40,46H,9-11,20-21,23,25-26H2,1-8H3,(H,47,53);7H,3-6H2,1-2H3. The summed E-state index contributed by atoms with van der Waals surface area (Å²) in [6.45, 7) is 20.8. The van der Waals surface area contributed by atoms with Crippen LogP contribution < -0.4 is 10.7 Å². The second-order valence-corrected chi connectivity index (χ2v) is 20.3. The van der Waals surface area contributed by atoms with E-state index in [0.717, 1.165) is 88.2 Å². The van der Waals surface area contributed by atoms with E-state index in [9.17, 15) is 23.4 Å². The van der Waals surface area contributed by atoms with Crippen molar-refractivity contribution in [2.24, 2.45) is 11.3 Å². The van der Waals surface area contributed by atoms with Gasteiger partial charge >= 0.3 is 0 Å². The molecule has 15 heteroatoms. The number of nitrogens with one attached hydrogen (secondary N) is 2. The number of carbonyl (C=O) groups excluding carboxylic acids is 4. The maximum atomic E-state index is 14.0. The quantitative estimate of drug-likeness (QED) is 0.0846. The number of fused-ring (bicyclic) bond motifs is 1. The predicted molar refractivity (Wildman–Crippen MR) is 267 cm³/mol. The molecule has 2 aliphatic rings. The molecule has 0 spiro atoms. The summed E-state index contributed by atoms with van der Waals surface area (Å²) >= 11 is 0. The summed E-state index contributed by atoms with van der Waals surface area (Å²) in [5.74, 6) is -0.733. The van der Waals surface area contributed by atoms with E-state index in [2.05, 4.69) is 72.5 Å². The first-order valence-corrected chi connectivity index (χ1v) is 24.8. The van der Waals surface area contributed by atoms with Crippen molar-refractivity contribution in [1.29, 1.82) is 0 Å². The number of carbonyl (C=O) groups is 4. The summed E-state index contributed by atoms with van der Waals surface area (Å²) in [5.41, 5.74) is 11.9. The molecule has 4 aromatic rings. The van der Waals surface area contributed by atoms with Crippen molar-refractivity contribution in [1.82, 2.24) is 34.5 Å². The van der Waals surface area contributed by atoms with Crippen LogP contribution in [0, 0.1) is 11.3 Å². The van der Waals surface area contributed by atoms with Crippen molar-refractivity contribution in [3.8, 4) is 22.4 Å². The molecular formula is C52H73N7O7S. The van der Waals surface area contributed by atoms with Crippen LogP contribution in [0.2, 0.25) is 0 Å². The lowest BCUT2D eigenvalue weighted by Crippen LogP contribution is -2.58. The number of allylic oxidation sites excluding steroid dienone is 1. The SMILES string of the molecule is CC(C)=CS(=O)N1CCCC1.CCn1c(-c2cccnc2C(C)OC)c(CC(C)(C)COC=O)c2cc(-c3cccc(CC(NC(=O)C(C(C)C)N(C)C=O)C(=O)N4CCCCN4)c3)ccc21. The van der Waals surface area contributed by atoms with Crippen LogP contribution in [0.25, 0.3) is 33.3 Å². The number of ether oxygens (including phenoxy) is 2. The van der Waals surface area contributed by atoms with Crippen molar-refractivity contribution < 1.29 is 32.9 Å². The van der Waals surface area contributed by atoms with E-state index in [1.807, 2.05) is 62.5 Å². The molecule has 67 heavy (non-hydrogen) atoms. The number of hydrogen-bond donors (Lipinski definition) is 2. The molecule has 0 bridgehead atoms. The lowest BCUT2D eigenvalue weighted by atomic mass is 9.84. The molecule has 0 radical (unpaired) electrons. The number of nitrogens with zero attached hydrogens (tertiary/aromatic N) is 5. The molecule has 0 saturated carbocycles. The number of pyridine rings is 1. The van der Waals surface area contributed by atoms with Gasteiger partial charge in [-0.3, -0.25) is 29.2 Å². The molecule has 2 N–H and O–H groups in total. The van der Waals surface area contributed by atoms with E-state index < -0.39 is 23.1 Å². The largest absolute Gasteiger partial charge is 0.467 e. The highest BCUT2D eigenvalue weighted by Crippen LogP contribution is 2.42. The highest BCUT2D eigenvalue weighted by Gasteiger charge is 2.33. The topological polar surface area (TPSA) is 155 Å². The maximum absolute atomic E-state index is 14.0. The second kappa shape index (κ2) is 24.7. The van der Waals surface area contributed by atoms with Gasteiger partial charge in [-0.15, -0.1) is 0 Å². The van der Waals surface area contributed by atoms with E-state index in [0.29, 0.717) is 32.4 Å². The molecular weight excluding hydrogens is 867 g/mol. The molecule has 2 aliphatic heterocycles. The molecule has 2 aromatic heterocycles. The minimum Gasteiger partial charge on any atom is -0.467 e. The Balaban J connectivity index is 0.000000669. The lowest BCUT2D eigenvalue weighted by Gasteiger charge is -2.33. The minimum atomic E-state index is -0.854. The molecule has 2 fully saturated rings. The van der Waals surface area contributed by atoms with Crippen LogP contribution in [0.5, 0.6) is 0 Å². The molecule has 4 atom stereocenters. The van der Waals surface area contributed by atoms with Gasteiger partial charge in [-0.25, -0.2) is 13.9 Å². The van der Waals surface area contributed by atoms with Crippen molar-refractivity contribution in [2.75, 3.05) is 46.9 Å². The number of benzene rings is 2. The Bertz CT molecular complexity index is 2360. The molecule has 2 saturated heterocycles. The Morgan fingerprint density at radius 1 is 0.985 bits per heavy atom. The number of rotatable bonds is 20. The fraction of sp³-hybridized carbons (Fsp3) is 0.519. The Morgan fingerprint density at radius 2 is 1.70 bits per heavy atom. The predicted octanol–water partition coefficient (Wildman–Crippen LogP) is 7.78. The van der Waals surface area contributed by atoms with Gasteiger partial charge in [0.25, 0.3) is 12.4 Å². The van der Waals surface area contributed by atoms with E-state index in [1.165, 1.54) is 17.7 Å². The number of hydrogen-bond acceptors (Lipinski definition) is 9. The monoisotopic (exact) mass is 940 g/mol. The summed E-state index contributed by atoms with van der Waals surface area (Å²) in [4.78, 5) is 56.7. The molecule has 364 valence electrons. The number of hydrazine groups is 1. The van der Waals surface area contributed by atoms with Crippen molar-refractivity contribution in [3.63, 3.8) is 0 Å². The third kappa shape index (κ3) is 13.7. The number of methoxy groups -OCH3 is 1. The Hall–Kier alpha value is -5.22. The van der Waals surface area contributed by atoms with Gasteiger partial charge in [0.2, 0.25) is 12.3 Å². The van der Waals surface area contributed by atoms with Crippen molar-refractivity contribution >= 4 is 46.6 Å². The van der Waals surface area contributed by atoms with Gasteiger partial charge in [-0.2, -0.15) is 0 Å². The normalized spacial score (nSPS) is 16.1. The summed E-state index contributed by atoms with van der Waals surface area (Å²) in [6, 6.07) is 17.1. The van der Waals surface area contributed by atoms with Gasteiger partial charge in [0, 0.05) is 86.8 Å². The molecule has 2 aromatic carbocycles. The summed E-state index contributed by atoms with van der Waals surface area (Å²) in [5, 5.41) is 7.53.